The molecule has 1 saturated carbocycles. The highest BCUT2D eigenvalue weighted by Crippen LogP contribution is 2.19. The molecule has 8 nitrogen and oxygen atoms in total. The summed E-state index contributed by atoms with van der Waals surface area (Å²) in [6.07, 6.45) is 6.82. The number of imidazole rings is 1. The molecule has 2 heterocycles. The normalized spacial score (nSPS) is 14.5. The third-order valence-corrected chi connectivity index (χ3v) is 5.70. The predicted molar refractivity (Wildman–Crippen MR) is 133 cm³/mol. The molecule has 2 N–H and O–H groups in total. The SMILES string of the molecule is Cc1nnc(CN=C(NC2CCCC2)N(C)Cc2ncc(-c3ccccc3)[nH]2)n1C.I. The Labute approximate surface area is 200 Å². The Morgan fingerprint density at radius 2 is 1.97 bits per heavy atom. The van der Waals surface area contributed by atoms with E-state index in [0.29, 0.717) is 19.1 Å². The van der Waals surface area contributed by atoms with Gasteiger partial charge in [-0.15, -0.1) is 34.2 Å². The number of guanidine groups is 1. The number of aromatic nitrogens is 5. The van der Waals surface area contributed by atoms with Crippen LogP contribution in [0.2, 0.25) is 0 Å². The van der Waals surface area contributed by atoms with E-state index in [0.717, 1.165) is 34.7 Å². The van der Waals surface area contributed by atoms with Crippen LogP contribution in [0.15, 0.2) is 41.5 Å². The second-order valence-electron chi connectivity index (χ2n) is 7.95. The predicted octanol–water partition coefficient (Wildman–Crippen LogP) is 3.65. The van der Waals surface area contributed by atoms with Crippen molar-refractivity contribution in [2.45, 2.75) is 51.7 Å². The second kappa shape index (κ2) is 10.7. The lowest BCUT2D eigenvalue weighted by molar-refractivity contribution is 0.446. The van der Waals surface area contributed by atoms with Gasteiger partial charge >= 0.3 is 0 Å². The van der Waals surface area contributed by atoms with Crippen LogP contribution in [0.5, 0.6) is 0 Å². The third kappa shape index (κ3) is 5.84. The lowest BCUT2D eigenvalue weighted by atomic mass is 10.2. The van der Waals surface area contributed by atoms with Gasteiger partial charge in [-0.2, -0.15) is 0 Å². The minimum absolute atomic E-state index is 0. The van der Waals surface area contributed by atoms with E-state index in [1.54, 1.807) is 0 Å². The van der Waals surface area contributed by atoms with Crippen molar-refractivity contribution in [3.05, 3.63) is 54.0 Å². The fraction of sp³-hybridized carbons (Fsp3) is 0.455. The molecule has 0 atom stereocenters. The molecule has 2 aromatic heterocycles. The highest BCUT2D eigenvalue weighted by Gasteiger charge is 2.19. The minimum Gasteiger partial charge on any atom is -0.353 e. The summed E-state index contributed by atoms with van der Waals surface area (Å²) in [5.74, 6) is 3.53. The maximum absolute atomic E-state index is 4.86. The zero-order valence-corrected chi connectivity index (χ0v) is 20.7. The van der Waals surface area contributed by atoms with Crippen LogP contribution in [0.1, 0.15) is 43.2 Å². The molecule has 0 bridgehead atoms. The van der Waals surface area contributed by atoms with E-state index in [2.05, 4.69) is 42.5 Å². The summed E-state index contributed by atoms with van der Waals surface area (Å²) in [5, 5.41) is 12.0. The molecule has 0 aliphatic heterocycles. The number of hydrogen-bond donors (Lipinski definition) is 2. The van der Waals surface area contributed by atoms with Gasteiger partial charge in [-0.1, -0.05) is 43.2 Å². The molecule has 31 heavy (non-hydrogen) atoms. The number of hydrogen-bond acceptors (Lipinski definition) is 4. The van der Waals surface area contributed by atoms with Crippen LogP contribution < -0.4 is 5.32 Å². The Hall–Kier alpha value is -2.43. The molecule has 0 saturated heterocycles. The molecular weight excluding hydrogens is 503 g/mol. The van der Waals surface area contributed by atoms with Crippen molar-refractivity contribution in [2.24, 2.45) is 12.0 Å². The van der Waals surface area contributed by atoms with Gasteiger partial charge in [0.15, 0.2) is 11.8 Å². The van der Waals surface area contributed by atoms with Gasteiger partial charge in [-0.25, -0.2) is 9.98 Å². The number of aromatic amines is 1. The first-order valence-electron chi connectivity index (χ1n) is 10.6. The molecule has 0 amide bonds. The molecule has 1 aliphatic rings. The highest BCUT2D eigenvalue weighted by molar-refractivity contribution is 14.0. The maximum atomic E-state index is 4.86. The van der Waals surface area contributed by atoms with Crippen LogP contribution in [0.25, 0.3) is 11.3 Å². The van der Waals surface area contributed by atoms with Gasteiger partial charge in [0.05, 0.1) is 18.4 Å². The molecule has 0 radical (unpaired) electrons. The lowest BCUT2D eigenvalue weighted by Gasteiger charge is -2.24. The van der Waals surface area contributed by atoms with Gasteiger partial charge < -0.3 is 19.8 Å². The molecule has 9 heteroatoms. The van der Waals surface area contributed by atoms with E-state index in [9.17, 15) is 0 Å². The van der Waals surface area contributed by atoms with Crippen molar-refractivity contribution in [3.8, 4) is 11.3 Å². The van der Waals surface area contributed by atoms with Gasteiger partial charge in [-0.05, 0) is 25.3 Å². The minimum atomic E-state index is 0. The molecule has 3 aromatic rings. The summed E-state index contributed by atoms with van der Waals surface area (Å²) in [5.41, 5.74) is 2.16. The van der Waals surface area contributed by atoms with E-state index in [1.807, 2.05) is 50.0 Å². The first-order valence-corrected chi connectivity index (χ1v) is 10.6. The molecule has 166 valence electrons. The fourth-order valence-electron chi connectivity index (χ4n) is 3.77. The van der Waals surface area contributed by atoms with E-state index in [4.69, 9.17) is 4.99 Å². The summed E-state index contributed by atoms with van der Waals surface area (Å²) in [4.78, 5) is 15.0. The largest absolute Gasteiger partial charge is 0.353 e. The van der Waals surface area contributed by atoms with Crippen molar-refractivity contribution in [2.75, 3.05) is 7.05 Å². The summed E-state index contributed by atoms with van der Waals surface area (Å²) < 4.78 is 1.98. The Morgan fingerprint density at radius 1 is 1.23 bits per heavy atom. The molecule has 4 rings (SSSR count). The quantitative estimate of drug-likeness (QED) is 0.287. The Balaban J connectivity index is 0.00000272. The van der Waals surface area contributed by atoms with Gasteiger partial charge in [0, 0.05) is 20.1 Å². The van der Waals surface area contributed by atoms with E-state index < -0.39 is 0 Å². The van der Waals surface area contributed by atoms with Crippen LogP contribution >= 0.6 is 24.0 Å². The number of halogens is 1. The van der Waals surface area contributed by atoms with Crippen LogP contribution in [0.4, 0.5) is 0 Å². The van der Waals surface area contributed by atoms with Crippen molar-refractivity contribution in [3.63, 3.8) is 0 Å². The zero-order valence-electron chi connectivity index (χ0n) is 18.4. The third-order valence-electron chi connectivity index (χ3n) is 5.70. The molecule has 0 unspecified atom stereocenters. The number of nitrogens with one attached hydrogen (secondary N) is 2. The number of H-pyrrole nitrogens is 1. The van der Waals surface area contributed by atoms with Crippen molar-refractivity contribution in [1.82, 2.24) is 34.9 Å². The highest BCUT2D eigenvalue weighted by atomic mass is 127. The summed E-state index contributed by atoms with van der Waals surface area (Å²) >= 11 is 0. The molecule has 1 aromatic carbocycles. The summed E-state index contributed by atoms with van der Waals surface area (Å²) in [6.45, 7) is 3.08. The summed E-state index contributed by atoms with van der Waals surface area (Å²) in [6, 6.07) is 10.7. The molecule has 1 fully saturated rings. The second-order valence-corrected chi connectivity index (χ2v) is 7.95. The van der Waals surface area contributed by atoms with E-state index >= 15 is 0 Å². The number of benzene rings is 1. The van der Waals surface area contributed by atoms with Gasteiger partial charge in [0.1, 0.15) is 18.2 Å². The van der Waals surface area contributed by atoms with Crippen LogP contribution in [-0.2, 0) is 20.1 Å². The summed E-state index contributed by atoms with van der Waals surface area (Å²) in [7, 11) is 4.02. The Kier molecular flexibility index (Phi) is 8.05. The van der Waals surface area contributed by atoms with Crippen molar-refractivity contribution in [1.29, 1.82) is 0 Å². The monoisotopic (exact) mass is 534 g/mol. The lowest BCUT2D eigenvalue weighted by Crippen LogP contribution is -2.43. The van der Waals surface area contributed by atoms with Crippen molar-refractivity contribution < 1.29 is 0 Å². The smallest absolute Gasteiger partial charge is 0.194 e. The molecule has 1 aliphatic carbocycles. The first kappa shape index (κ1) is 23.2. The van der Waals surface area contributed by atoms with Gasteiger partial charge in [-0.3, -0.25) is 0 Å². The standard InChI is InChI=1S/C22H30N8.HI/c1-16-27-28-21(30(16)3)14-24-22(25-18-11-7-8-12-18)29(2)15-20-23-13-19(26-20)17-9-5-4-6-10-17;/h4-6,9-10,13,18H,7-8,11-12,14-15H2,1-3H3,(H,23,26)(H,24,25);1H. The Bertz CT molecular complexity index is 988. The average molecular weight is 534 g/mol. The van der Waals surface area contributed by atoms with Crippen molar-refractivity contribution >= 4 is 29.9 Å². The number of nitrogens with zero attached hydrogens (tertiary/aromatic N) is 6. The Morgan fingerprint density at radius 3 is 2.65 bits per heavy atom. The zero-order chi connectivity index (χ0) is 20.9. The van der Waals surface area contributed by atoms with Crippen LogP contribution in [-0.4, -0.2) is 48.7 Å². The van der Waals surface area contributed by atoms with E-state index in [1.165, 1.54) is 25.7 Å². The van der Waals surface area contributed by atoms with Gasteiger partial charge in [0.2, 0.25) is 0 Å². The van der Waals surface area contributed by atoms with Crippen LogP contribution in [0, 0.1) is 6.92 Å². The average Bonchev–Trinajstić information content (AvgIpc) is 3.50. The van der Waals surface area contributed by atoms with E-state index in [-0.39, 0.29) is 24.0 Å². The molecular formula is C22H31IN8. The number of rotatable bonds is 6. The van der Waals surface area contributed by atoms with Crippen LogP contribution in [0.3, 0.4) is 0 Å². The fourth-order valence-corrected chi connectivity index (χ4v) is 3.77. The maximum Gasteiger partial charge on any atom is 0.194 e. The number of aliphatic imine (C=N–C) groups is 1. The first-order chi connectivity index (χ1) is 14.6. The number of aryl methyl sites for hydroxylation is 1. The topological polar surface area (TPSA) is 87.0 Å². The van der Waals surface area contributed by atoms with Gasteiger partial charge in [0.25, 0.3) is 0 Å². The molecule has 0 spiro atoms.